The molecule has 9 nitrogen and oxygen atoms in total. The fourth-order valence-corrected chi connectivity index (χ4v) is 7.51. The van der Waals surface area contributed by atoms with E-state index in [1.165, 1.54) is 0 Å². The van der Waals surface area contributed by atoms with Gasteiger partial charge in [0.25, 0.3) is 5.91 Å². The van der Waals surface area contributed by atoms with Crippen LogP contribution in [0.5, 0.6) is 0 Å². The molecule has 0 radical (unpaired) electrons. The summed E-state index contributed by atoms with van der Waals surface area (Å²) in [5.74, 6) is 0.703. The second-order valence-corrected chi connectivity index (χ2v) is 16.2. The van der Waals surface area contributed by atoms with Crippen molar-refractivity contribution in [2.24, 2.45) is 5.92 Å². The summed E-state index contributed by atoms with van der Waals surface area (Å²) in [6.45, 7) is 14.9. The number of likely N-dealkylation sites (tertiary alicyclic amines) is 1. The van der Waals surface area contributed by atoms with Gasteiger partial charge in [-0.05, 0) is 115 Å². The molecule has 5 rings (SSSR count). The molecule has 0 spiro atoms. The lowest BCUT2D eigenvalue weighted by molar-refractivity contribution is 0.0130. The molecule has 0 saturated carbocycles. The Hall–Kier alpha value is -3.37. The zero-order valence-electron chi connectivity index (χ0n) is 28.5. The molecule has 1 aliphatic carbocycles. The largest absolute Gasteiger partial charge is 0.444 e. The molecule has 3 aromatic heterocycles. The lowest BCUT2D eigenvalue weighted by Crippen LogP contribution is -2.45. The Morgan fingerprint density at radius 1 is 1.13 bits per heavy atom. The number of pyridine rings is 3. The van der Waals surface area contributed by atoms with Crippen LogP contribution in [0.1, 0.15) is 114 Å². The van der Waals surface area contributed by atoms with E-state index in [2.05, 4.69) is 47.7 Å². The van der Waals surface area contributed by atoms with E-state index in [0.717, 1.165) is 67.4 Å². The average Bonchev–Trinajstić information content (AvgIpc) is 3.32. The molecule has 2 atom stereocenters. The molecule has 4 heterocycles. The van der Waals surface area contributed by atoms with E-state index < -0.39 is 5.60 Å². The van der Waals surface area contributed by atoms with Crippen LogP contribution in [0.2, 0.25) is 5.15 Å². The number of aromatic nitrogens is 3. The Kier molecular flexibility index (Phi) is 10.4. The highest BCUT2D eigenvalue weighted by atomic mass is 35.5. The van der Waals surface area contributed by atoms with Gasteiger partial charge in [-0.2, -0.15) is 0 Å². The van der Waals surface area contributed by atoms with Gasteiger partial charge in [-0.1, -0.05) is 37.6 Å². The van der Waals surface area contributed by atoms with Crippen molar-refractivity contribution in [1.29, 1.82) is 0 Å². The van der Waals surface area contributed by atoms with Crippen molar-refractivity contribution >= 4 is 41.4 Å². The topological polar surface area (TPSA) is 109 Å². The van der Waals surface area contributed by atoms with Crippen molar-refractivity contribution in [2.45, 2.75) is 115 Å². The number of nitrogens with zero attached hydrogens (tertiary/aromatic N) is 4. The Morgan fingerprint density at radius 3 is 2.64 bits per heavy atom. The first-order valence-corrected chi connectivity index (χ1v) is 17.6. The van der Waals surface area contributed by atoms with Crippen molar-refractivity contribution in [2.75, 3.05) is 11.9 Å². The van der Waals surface area contributed by atoms with Crippen LogP contribution in [0.4, 0.5) is 10.6 Å². The minimum atomic E-state index is -0.537. The Labute approximate surface area is 288 Å². The second-order valence-electron chi connectivity index (χ2n) is 15.0. The molecule has 252 valence electrons. The summed E-state index contributed by atoms with van der Waals surface area (Å²) in [5.41, 5.74) is 2.49. The number of halogens is 1. The molecule has 3 aromatic rings. The molecule has 1 fully saturated rings. The molecule has 47 heavy (non-hydrogen) atoms. The number of hydrogen-bond donors (Lipinski definition) is 2. The summed E-state index contributed by atoms with van der Waals surface area (Å²) in [6.07, 6.45) is 7.13. The maximum Gasteiger partial charge on any atom is 0.410 e. The summed E-state index contributed by atoms with van der Waals surface area (Å²) in [5, 5.41) is 4.44. The van der Waals surface area contributed by atoms with Gasteiger partial charge in [-0.25, -0.2) is 14.8 Å². The number of carbonyl (C=O) groups excluding carboxylic acids is 2. The van der Waals surface area contributed by atoms with Crippen molar-refractivity contribution in [1.82, 2.24) is 24.6 Å². The van der Waals surface area contributed by atoms with Crippen LogP contribution in [-0.4, -0.2) is 49.5 Å². The first-order chi connectivity index (χ1) is 22.1. The van der Waals surface area contributed by atoms with Crippen molar-refractivity contribution < 1.29 is 14.3 Å². The van der Waals surface area contributed by atoms with Crippen LogP contribution in [0.25, 0.3) is 0 Å². The minimum Gasteiger partial charge on any atom is -0.444 e. The Balaban J connectivity index is 1.23. The standard InChI is InChI=1S/C36H47ClN6O3S/c1-34(2,3)46-33(45)43-22-23(21-36(43,6)7)16-17-27(26-13-8-9-19-38-26)39-28-14-10-15-29(40-28)47-42-32(44)25-20-24-12-11-18-35(4,5)30(24)41-31(25)37/h8-10,13-15,19-20,23,27H,11-12,16-18,21-22H2,1-7H3,(H,39,40)(H,42,44)/t23-,27?/m0/s1. The number of rotatable bonds is 9. The van der Waals surface area contributed by atoms with Gasteiger partial charge in [0.05, 0.1) is 23.0 Å². The third kappa shape index (κ3) is 8.76. The van der Waals surface area contributed by atoms with Gasteiger partial charge < -0.3 is 15.0 Å². The van der Waals surface area contributed by atoms with Gasteiger partial charge in [-0.15, -0.1) is 0 Å². The number of anilines is 1. The molecule has 2 aliphatic rings. The molecule has 1 aliphatic heterocycles. The normalized spacial score (nSPS) is 19.1. The van der Waals surface area contributed by atoms with Gasteiger partial charge in [0.1, 0.15) is 21.6 Å². The van der Waals surface area contributed by atoms with Crippen molar-refractivity contribution in [3.8, 4) is 0 Å². The number of amides is 2. The summed E-state index contributed by atoms with van der Waals surface area (Å²) in [7, 11) is 0. The van der Waals surface area contributed by atoms with E-state index in [1.54, 1.807) is 6.20 Å². The molecule has 2 N–H and O–H groups in total. The lowest BCUT2D eigenvalue weighted by atomic mass is 9.76. The van der Waals surface area contributed by atoms with Gasteiger partial charge in [-0.3, -0.25) is 14.5 Å². The summed E-state index contributed by atoms with van der Waals surface area (Å²) < 4.78 is 8.61. The first-order valence-electron chi connectivity index (χ1n) is 16.4. The SMILES string of the molecule is CC(C)(C)OC(=O)N1C[C@@H](CCC(Nc2cccc(SNC(=O)c3cc4c(nc3Cl)C(C)(C)CCC4)n2)c2ccccn2)CC1(C)C. The number of aryl methyl sites for hydroxylation is 1. The van der Waals surface area contributed by atoms with E-state index >= 15 is 0 Å². The number of fused-ring (bicyclic) bond motifs is 1. The highest BCUT2D eigenvalue weighted by Crippen LogP contribution is 2.39. The predicted molar refractivity (Wildman–Crippen MR) is 188 cm³/mol. The van der Waals surface area contributed by atoms with Gasteiger partial charge in [0.2, 0.25) is 0 Å². The fraction of sp³-hybridized carbons (Fsp3) is 0.528. The predicted octanol–water partition coefficient (Wildman–Crippen LogP) is 8.55. The van der Waals surface area contributed by atoms with E-state index in [-0.39, 0.29) is 34.1 Å². The molecule has 2 amide bonds. The van der Waals surface area contributed by atoms with Gasteiger partial charge >= 0.3 is 6.09 Å². The third-order valence-corrected chi connectivity index (χ3v) is 9.98. The number of ether oxygens (including phenoxy) is 1. The summed E-state index contributed by atoms with van der Waals surface area (Å²) in [4.78, 5) is 42.1. The molecule has 0 aromatic carbocycles. The van der Waals surface area contributed by atoms with Crippen LogP contribution in [0, 0.1) is 5.92 Å². The second kappa shape index (κ2) is 14.0. The molecule has 11 heteroatoms. The first kappa shape index (κ1) is 35.0. The van der Waals surface area contributed by atoms with E-state index in [0.29, 0.717) is 28.9 Å². The molecular weight excluding hydrogens is 632 g/mol. The number of hydrogen-bond acceptors (Lipinski definition) is 8. The number of nitrogens with one attached hydrogen (secondary N) is 2. The zero-order chi connectivity index (χ0) is 34.0. The average molecular weight is 679 g/mol. The molecule has 0 bridgehead atoms. The summed E-state index contributed by atoms with van der Waals surface area (Å²) in [6, 6.07) is 13.4. The van der Waals surface area contributed by atoms with Gasteiger partial charge in [0, 0.05) is 35.6 Å². The van der Waals surface area contributed by atoms with E-state index in [1.807, 2.05) is 68.1 Å². The monoisotopic (exact) mass is 678 g/mol. The van der Waals surface area contributed by atoms with Gasteiger partial charge in [0.15, 0.2) is 0 Å². The van der Waals surface area contributed by atoms with E-state index in [9.17, 15) is 9.59 Å². The minimum absolute atomic E-state index is 0.0560. The Bertz CT molecular complexity index is 1590. The van der Waals surface area contributed by atoms with Crippen molar-refractivity contribution in [3.63, 3.8) is 0 Å². The van der Waals surface area contributed by atoms with Crippen LogP contribution in [0.15, 0.2) is 53.7 Å². The molecular formula is C36H47ClN6O3S. The van der Waals surface area contributed by atoms with Crippen LogP contribution in [-0.2, 0) is 16.6 Å². The van der Waals surface area contributed by atoms with Crippen LogP contribution < -0.4 is 10.0 Å². The molecule has 1 unspecified atom stereocenters. The van der Waals surface area contributed by atoms with Crippen molar-refractivity contribution in [3.05, 3.63) is 76.3 Å². The zero-order valence-corrected chi connectivity index (χ0v) is 30.1. The van der Waals surface area contributed by atoms with Crippen LogP contribution >= 0.6 is 23.5 Å². The van der Waals surface area contributed by atoms with Crippen LogP contribution in [0.3, 0.4) is 0 Å². The highest BCUT2D eigenvalue weighted by molar-refractivity contribution is 7.97. The maximum atomic E-state index is 13.2. The fourth-order valence-electron chi connectivity index (χ4n) is 6.69. The Morgan fingerprint density at radius 2 is 1.91 bits per heavy atom. The maximum absolute atomic E-state index is 13.2. The quantitative estimate of drug-likeness (QED) is 0.171. The summed E-state index contributed by atoms with van der Waals surface area (Å²) >= 11 is 7.65. The third-order valence-electron chi connectivity index (χ3n) is 8.96. The number of carbonyl (C=O) groups is 2. The van der Waals surface area contributed by atoms with E-state index in [4.69, 9.17) is 21.3 Å². The lowest BCUT2D eigenvalue weighted by Gasteiger charge is -2.33. The smallest absolute Gasteiger partial charge is 0.410 e. The highest BCUT2D eigenvalue weighted by Gasteiger charge is 2.43. The molecule has 1 saturated heterocycles.